The Balaban J connectivity index is 1.44. The molecule has 4 rings (SSSR count). The summed E-state index contributed by atoms with van der Waals surface area (Å²) in [4.78, 5) is 36.4. The van der Waals surface area contributed by atoms with Gasteiger partial charge in [-0.3, -0.25) is 14.9 Å². The lowest BCUT2D eigenvalue weighted by atomic mass is 9.96. The zero-order chi connectivity index (χ0) is 28.5. The fourth-order valence-corrected chi connectivity index (χ4v) is 4.64. The van der Waals surface area contributed by atoms with Gasteiger partial charge in [0.15, 0.2) is 0 Å². The van der Waals surface area contributed by atoms with Crippen molar-refractivity contribution < 1.29 is 24.6 Å². The van der Waals surface area contributed by atoms with Crippen LogP contribution >= 0.6 is 11.6 Å². The smallest absolute Gasteiger partial charge is 0.326 e. The van der Waals surface area contributed by atoms with Crippen LogP contribution in [0.2, 0.25) is 5.02 Å². The third kappa shape index (κ3) is 7.56. The summed E-state index contributed by atoms with van der Waals surface area (Å²) in [6.07, 6.45) is 0.458. The van der Waals surface area contributed by atoms with E-state index in [1.165, 1.54) is 6.07 Å². The first kappa shape index (κ1) is 28.5. The molecule has 0 aliphatic heterocycles. The van der Waals surface area contributed by atoms with Gasteiger partial charge in [-0.05, 0) is 46.4 Å². The van der Waals surface area contributed by atoms with Crippen molar-refractivity contribution in [3.05, 3.63) is 130 Å². The van der Waals surface area contributed by atoms with Gasteiger partial charge in [0.25, 0.3) is 5.91 Å². The Labute approximate surface area is 237 Å². The molecule has 40 heavy (non-hydrogen) atoms. The van der Waals surface area contributed by atoms with Crippen molar-refractivity contribution in [2.45, 2.75) is 31.5 Å². The number of benzene rings is 4. The van der Waals surface area contributed by atoms with Crippen LogP contribution in [-0.2, 0) is 29.0 Å². The summed E-state index contributed by atoms with van der Waals surface area (Å²) in [6, 6.07) is 29.2. The van der Waals surface area contributed by atoms with Gasteiger partial charge >= 0.3 is 11.9 Å². The van der Waals surface area contributed by atoms with Crippen LogP contribution in [0.25, 0.3) is 11.1 Å². The molecule has 0 spiro atoms. The molecule has 0 aliphatic rings. The SMILES string of the molecule is O=C(N[C@@H](Cc1ccc(-c2ccccc2CN[C@H](Cc2ccccc2)C(=O)O)cc1)C(=O)O)c1ccccc1Cl. The second-order valence-corrected chi connectivity index (χ2v) is 9.77. The lowest BCUT2D eigenvalue weighted by molar-refractivity contribution is -0.140. The molecule has 0 fully saturated rings. The summed E-state index contributed by atoms with van der Waals surface area (Å²) in [5.41, 5.74) is 4.67. The standard InChI is InChI=1S/C32H29ClN2O5/c33-27-13-7-6-12-26(27)30(36)35-29(32(39)40)19-22-14-16-23(17-15-22)25-11-5-4-10-24(25)20-34-28(31(37)38)18-21-8-2-1-3-9-21/h1-17,28-29,34H,18-20H2,(H,35,36)(H,37,38)(H,39,40)/t28-,29+/m1/s1. The first-order valence-electron chi connectivity index (χ1n) is 12.8. The van der Waals surface area contributed by atoms with E-state index in [-0.39, 0.29) is 17.0 Å². The summed E-state index contributed by atoms with van der Waals surface area (Å²) < 4.78 is 0. The molecule has 0 aliphatic carbocycles. The Bertz CT molecular complexity index is 1470. The van der Waals surface area contributed by atoms with Crippen LogP contribution in [0.4, 0.5) is 0 Å². The highest BCUT2D eigenvalue weighted by Crippen LogP contribution is 2.25. The van der Waals surface area contributed by atoms with E-state index in [1.54, 1.807) is 18.2 Å². The molecule has 0 bridgehead atoms. The van der Waals surface area contributed by atoms with E-state index in [0.717, 1.165) is 27.8 Å². The average Bonchev–Trinajstić information content (AvgIpc) is 2.96. The van der Waals surface area contributed by atoms with Gasteiger partial charge in [0.2, 0.25) is 0 Å². The molecule has 0 unspecified atom stereocenters. The van der Waals surface area contributed by atoms with Crippen LogP contribution in [0.5, 0.6) is 0 Å². The van der Waals surface area contributed by atoms with E-state index < -0.39 is 29.9 Å². The molecular weight excluding hydrogens is 528 g/mol. The van der Waals surface area contributed by atoms with Crippen molar-refractivity contribution in [3.8, 4) is 11.1 Å². The molecular formula is C32H29ClN2O5. The third-order valence-electron chi connectivity index (χ3n) is 6.56. The first-order chi connectivity index (χ1) is 19.3. The monoisotopic (exact) mass is 556 g/mol. The highest BCUT2D eigenvalue weighted by molar-refractivity contribution is 6.33. The molecule has 0 saturated carbocycles. The van der Waals surface area contributed by atoms with Crippen LogP contribution < -0.4 is 10.6 Å². The number of hydrogen-bond acceptors (Lipinski definition) is 4. The van der Waals surface area contributed by atoms with Crippen LogP contribution in [0.1, 0.15) is 27.0 Å². The molecule has 2 atom stereocenters. The summed E-state index contributed by atoms with van der Waals surface area (Å²) in [6.45, 7) is 0.358. The van der Waals surface area contributed by atoms with E-state index in [4.69, 9.17) is 11.6 Å². The van der Waals surface area contributed by atoms with Crippen molar-refractivity contribution in [1.82, 2.24) is 10.6 Å². The second-order valence-electron chi connectivity index (χ2n) is 9.36. The number of amides is 1. The number of hydrogen-bond donors (Lipinski definition) is 4. The Morgan fingerprint density at radius 3 is 1.93 bits per heavy atom. The van der Waals surface area contributed by atoms with Gasteiger partial charge in [-0.1, -0.05) is 103 Å². The number of rotatable bonds is 12. The highest BCUT2D eigenvalue weighted by atomic mass is 35.5. The molecule has 7 nitrogen and oxygen atoms in total. The number of aliphatic carboxylic acids is 2. The molecule has 4 N–H and O–H groups in total. The zero-order valence-corrected chi connectivity index (χ0v) is 22.3. The van der Waals surface area contributed by atoms with Gasteiger partial charge in [-0.15, -0.1) is 0 Å². The van der Waals surface area contributed by atoms with E-state index in [0.29, 0.717) is 13.0 Å². The zero-order valence-electron chi connectivity index (χ0n) is 21.6. The Hall–Kier alpha value is -4.46. The van der Waals surface area contributed by atoms with Gasteiger partial charge in [-0.25, -0.2) is 4.79 Å². The summed E-state index contributed by atoms with van der Waals surface area (Å²) >= 11 is 6.08. The highest BCUT2D eigenvalue weighted by Gasteiger charge is 2.22. The van der Waals surface area contributed by atoms with Gasteiger partial charge in [-0.2, -0.15) is 0 Å². The van der Waals surface area contributed by atoms with Crippen molar-refractivity contribution in [2.75, 3.05) is 0 Å². The van der Waals surface area contributed by atoms with Crippen LogP contribution in [-0.4, -0.2) is 40.1 Å². The van der Waals surface area contributed by atoms with Gasteiger partial charge in [0, 0.05) is 13.0 Å². The maximum atomic E-state index is 12.6. The minimum absolute atomic E-state index is 0.0920. The maximum Gasteiger partial charge on any atom is 0.326 e. The lowest BCUT2D eigenvalue weighted by Crippen LogP contribution is -2.42. The Kier molecular flexibility index (Phi) is 9.67. The number of carboxylic acid groups (broad SMARTS) is 2. The van der Waals surface area contributed by atoms with E-state index in [9.17, 15) is 24.6 Å². The molecule has 0 saturated heterocycles. The van der Waals surface area contributed by atoms with E-state index in [1.807, 2.05) is 78.9 Å². The normalized spacial score (nSPS) is 12.3. The number of carbonyl (C=O) groups is 3. The summed E-state index contributed by atoms with van der Waals surface area (Å²) in [7, 11) is 0. The van der Waals surface area contributed by atoms with Gasteiger partial charge in [0.1, 0.15) is 12.1 Å². The van der Waals surface area contributed by atoms with Crippen LogP contribution in [0.15, 0.2) is 103 Å². The quantitative estimate of drug-likeness (QED) is 0.190. The van der Waals surface area contributed by atoms with E-state index >= 15 is 0 Å². The fraction of sp³-hybridized carbons (Fsp3) is 0.156. The van der Waals surface area contributed by atoms with Crippen molar-refractivity contribution >= 4 is 29.4 Å². The van der Waals surface area contributed by atoms with Crippen molar-refractivity contribution in [3.63, 3.8) is 0 Å². The predicted molar refractivity (Wildman–Crippen MR) is 154 cm³/mol. The topological polar surface area (TPSA) is 116 Å². The third-order valence-corrected chi connectivity index (χ3v) is 6.89. The molecule has 204 valence electrons. The molecule has 0 radical (unpaired) electrons. The van der Waals surface area contributed by atoms with Crippen molar-refractivity contribution in [1.29, 1.82) is 0 Å². The minimum atomic E-state index is -1.15. The minimum Gasteiger partial charge on any atom is -0.480 e. The molecule has 0 aromatic heterocycles. The molecule has 1 amide bonds. The molecule has 0 heterocycles. The Morgan fingerprint density at radius 1 is 0.675 bits per heavy atom. The maximum absolute atomic E-state index is 12.6. The molecule has 4 aromatic carbocycles. The Morgan fingerprint density at radius 2 is 1.25 bits per heavy atom. The second kappa shape index (κ2) is 13.6. The van der Waals surface area contributed by atoms with Gasteiger partial charge < -0.3 is 15.5 Å². The average molecular weight is 557 g/mol. The predicted octanol–water partition coefficient (Wildman–Crippen LogP) is 5.22. The molecule has 8 heteroatoms. The van der Waals surface area contributed by atoms with Crippen LogP contribution in [0, 0.1) is 0 Å². The largest absolute Gasteiger partial charge is 0.480 e. The van der Waals surface area contributed by atoms with Crippen molar-refractivity contribution in [2.24, 2.45) is 0 Å². The fourth-order valence-electron chi connectivity index (χ4n) is 4.42. The number of halogens is 1. The van der Waals surface area contributed by atoms with E-state index in [2.05, 4.69) is 10.6 Å². The molecule has 4 aromatic rings. The van der Waals surface area contributed by atoms with Crippen LogP contribution in [0.3, 0.4) is 0 Å². The summed E-state index contributed by atoms with van der Waals surface area (Å²) in [5.74, 6) is -2.62. The number of nitrogens with one attached hydrogen (secondary N) is 2. The number of carbonyl (C=O) groups excluding carboxylic acids is 1. The lowest BCUT2D eigenvalue weighted by Gasteiger charge is -2.17. The van der Waals surface area contributed by atoms with Gasteiger partial charge in [0.05, 0.1) is 10.6 Å². The first-order valence-corrected chi connectivity index (χ1v) is 13.1. The summed E-state index contributed by atoms with van der Waals surface area (Å²) in [5, 5.41) is 25.4. The number of carboxylic acids is 2.